The molecule has 21 heavy (non-hydrogen) atoms. The van der Waals surface area contributed by atoms with E-state index in [-0.39, 0.29) is 18.5 Å². The van der Waals surface area contributed by atoms with Crippen molar-refractivity contribution in [3.8, 4) is 0 Å². The van der Waals surface area contributed by atoms with Gasteiger partial charge in [0.1, 0.15) is 12.2 Å². The van der Waals surface area contributed by atoms with E-state index in [1.807, 2.05) is 13.8 Å². The number of amides is 1. The molecule has 2 aromatic heterocycles. The first-order valence-corrected chi connectivity index (χ1v) is 6.74. The normalized spacial score (nSPS) is 15.2. The molecule has 1 aliphatic carbocycles. The smallest absolute Gasteiger partial charge is 0.322 e. The van der Waals surface area contributed by atoms with Gasteiger partial charge >= 0.3 is 6.01 Å². The molecular weight excluding hydrogens is 274 g/mol. The first-order chi connectivity index (χ1) is 9.91. The molecule has 0 unspecified atom stereocenters. The number of carbonyl (C=O) groups excluding carboxylic acids is 1. The van der Waals surface area contributed by atoms with Crippen molar-refractivity contribution in [3.05, 3.63) is 17.8 Å². The minimum atomic E-state index is -0.597. The zero-order valence-corrected chi connectivity index (χ0v) is 11.9. The Kier molecular flexibility index (Phi) is 3.20. The summed E-state index contributed by atoms with van der Waals surface area (Å²) in [6, 6.07) is 0.112. The average molecular weight is 291 g/mol. The van der Waals surface area contributed by atoms with Gasteiger partial charge in [0.15, 0.2) is 0 Å². The van der Waals surface area contributed by atoms with E-state index in [1.165, 1.54) is 4.68 Å². The van der Waals surface area contributed by atoms with Crippen molar-refractivity contribution in [2.75, 3.05) is 5.32 Å². The second-order valence-corrected chi connectivity index (χ2v) is 5.79. The SMILES string of the molecule is CC(C)(N)c1cn(CC(=O)Nc2nnc(C3CC3)o2)nn1. The molecule has 9 heteroatoms. The number of nitrogens with one attached hydrogen (secondary N) is 1. The molecular formula is C12H17N7O2. The van der Waals surface area contributed by atoms with Gasteiger partial charge in [-0.1, -0.05) is 10.3 Å². The van der Waals surface area contributed by atoms with Gasteiger partial charge in [0.05, 0.1) is 11.7 Å². The molecule has 3 rings (SSSR count). The van der Waals surface area contributed by atoms with Gasteiger partial charge in [-0.25, -0.2) is 4.68 Å². The van der Waals surface area contributed by atoms with Crippen LogP contribution in [-0.2, 0) is 16.9 Å². The third-order valence-electron chi connectivity index (χ3n) is 3.12. The molecule has 3 N–H and O–H groups in total. The molecule has 0 atom stereocenters. The molecule has 9 nitrogen and oxygen atoms in total. The lowest BCUT2D eigenvalue weighted by atomic mass is 10.0. The fraction of sp³-hybridized carbons (Fsp3) is 0.583. The largest absolute Gasteiger partial charge is 0.408 e. The second kappa shape index (κ2) is 4.92. The average Bonchev–Trinajstić information content (AvgIpc) is 2.94. The molecule has 0 bridgehead atoms. The lowest BCUT2D eigenvalue weighted by Crippen LogP contribution is -2.29. The Labute approximate surface area is 120 Å². The Morgan fingerprint density at radius 2 is 2.24 bits per heavy atom. The fourth-order valence-corrected chi connectivity index (χ4v) is 1.76. The fourth-order valence-electron chi connectivity index (χ4n) is 1.76. The van der Waals surface area contributed by atoms with E-state index in [0.29, 0.717) is 17.5 Å². The number of aromatic nitrogens is 5. The Balaban J connectivity index is 1.59. The summed E-state index contributed by atoms with van der Waals surface area (Å²) >= 11 is 0. The van der Waals surface area contributed by atoms with E-state index in [2.05, 4.69) is 25.8 Å². The molecule has 1 fully saturated rings. The summed E-state index contributed by atoms with van der Waals surface area (Å²) in [4.78, 5) is 11.9. The number of anilines is 1. The maximum atomic E-state index is 11.9. The second-order valence-electron chi connectivity index (χ2n) is 5.79. The van der Waals surface area contributed by atoms with Crippen molar-refractivity contribution in [1.82, 2.24) is 25.2 Å². The van der Waals surface area contributed by atoms with Gasteiger partial charge in [0.25, 0.3) is 0 Å². The molecule has 1 amide bonds. The summed E-state index contributed by atoms with van der Waals surface area (Å²) in [5, 5.41) is 18.0. The van der Waals surface area contributed by atoms with Gasteiger partial charge in [0.2, 0.25) is 11.8 Å². The van der Waals surface area contributed by atoms with E-state index < -0.39 is 5.54 Å². The first-order valence-electron chi connectivity index (χ1n) is 6.74. The van der Waals surface area contributed by atoms with E-state index >= 15 is 0 Å². The molecule has 0 radical (unpaired) electrons. The van der Waals surface area contributed by atoms with E-state index in [9.17, 15) is 4.79 Å². The standard InChI is InChI=1S/C12H17N7O2/c1-12(2,13)8-5-19(18-15-8)6-9(20)14-11-17-16-10(21-11)7-3-4-7/h5,7H,3-4,6,13H2,1-2H3,(H,14,17,20). The molecule has 2 aromatic rings. The zero-order valence-electron chi connectivity index (χ0n) is 11.9. The molecule has 112 valence electrons. The van der Waals surface area contributed by atoms with Crippen LogP contribution in [0.3, 0.4) is 0 Å². The van der Waals surface area contributed by atoms with Gasteiger partial charge in [-0.15, -0.1) is 10.2 Å². The van der Waals surface area contributed by atoms with E-state index in [4.69, 9.17) is 10.2 Å². The summed E-state index contributed by atoms with van der Waals surface area (Å²) in [5.74, 6) is 0.623. The summed E-state index contributed by atoms with van der Waals surface area (Å²) < 4.78 is 6.77. The number of carbonyl (C=O) groups is 1. The topological polar surface area (TPSA) is 125 Å². The summed E-state index contributed by atoms with van der Waals surface area (Å²) in [5.41, 5.74) is 5.93. The summed E-state index contributed by atoms with van der Waals surface area (Å²) in [7, 11) is 0. The van der Waals surface area contributed by atoms with Gasteiger partial charge in [-0.05, 0) is 26.7 Å². The molecule has 0 saturated heterocycles. The van der Waals surface area contributed by atoms with Crippen molar-refractivity contribution in [1.29, 1.82) is 0 Å². The van der Waals surface area contributed by atoms with Crippen molar-refractivity contribution in [3.63, 3.8) is 0 Å². The Bertz CT molecular complexity index is 651. The van der Waals surface area contributed by atoms with Gasteiger partial charge in [-0.2, -0.15) is 0 Å². The third kappa shape index (κ3) is 3.24. The lowest BCUT2D eigenvalue weighted by Gasteiger charge is -2.13. The molecule has 2 heterocycles. The minimum Gasteiger partial charge on any atom is -0.408 e. The Morgan fingerprint density at radius 3 is 2.86 bits per heavy atom. The molecule has 0 aliphatic heterocycles. The monoisotopic (exact) mass is 291 g/mol. The molecule has 1 saturated carbocycles. The van der Waals surface area contributed by atoms with Crippen LogP contribution in [0.1, 0.15) is 44.2 Å². The van der Waals surface area contributed by atoms with Crippen LogP contribution in [0.2, 0.25) is 0 Å². The van der Waals surface area contributed by atoms with Crippen LogP contribution in [0.25, 0.3) is 0 Å². The predicted octanol–water partition coefficient (Wildman–Crippen LogP) is 0.371. The van der Waals surface area contributed by atoms with Crippen LogP contribution in [0, 0.1) is 0 Å². The lowest BCUT2D eigenvalue weighted by molar-refractivity contribution is -0.117. The quantitative estimate of drug-likeness (QED) is 0.815. The van der Waals surface area contributed by atoms with Gasteiger partial charge < -0.3 is 10.2 Å². The highest BCUT2D eigenvalue weighted by atomic mass is 16.4. The third-order valence-corrected chi connectivity index (χ3v) is 3.12. The first kappa shape index (κ1) is 13.7. The van der Waals surface area contributed by atoms with Crippen LogP contribution >= 0.6 is 0 Å². The van der Waals surface area contributed by atoms with E-state index in [1.54, 1.807) is 6.20 Å². The molecule has 0 spiro atoms. The minimum absolute atomic E-state index is 0.00419. The van der Waals surface area contributed by atoms with Crippen LogP contribution in [0.4, 0.5) is 6.01 Å². The highest BCUT2D eigenvalue weighted by molar-refractivity contribution is 5.88. The summed E-state index contributed by atoms with van der Waals surface area (Å²) in [6.45, 7) is 3.64. The number of rotatable bonds is 5. The number of hydrogen-bond donors (Lipinski definition) is 2. The van der Waals surface area contributed by atoms with Crippen molar-refractivity contribution in [2.45, 2.75) is 44.7 Å². The maximum Gasteiger partial charge on any atom is 0.322 e. The highest BCUT2D eigenvalue weighted by Gasteiger charge is 2.29. The van der Waals surface area contributed by atoms with Crippen molar-refractivity contribution < 1.29 is 9.21 Å². The number of nitrogens with zero attached hydrogens (tertiary/aromatic N) is 5. The highest BCUT2D eigenvalue weighted by Crippen LogP contribution is 2.39. The maximum absolute atomic E-state index is 11.9. The van der Waals surface area contributed by atoms with Crippen molar-refractivity contribution >= 4 is 11.9 Å². The molecule has 1 aliphatic rings. The van der Waals surface area contributed by atoms with Crippen LogP contribution in [0.15, 0.2) is 10.6 Å². The number of hydrogen-bond acceptors (Lipinski definition) is 7. The van der Waals surface area contributed by atoms with Gasteiger partial charge in [0, 0.05) is 5.92 Å². The van der Waals surface area contributed by atoms with Gasteiger partial charge in [-0.3, -0.25) is 10.1 Å². The van der Waals surface area contributed by atoms with Crippen molar-refractivity contribution in [2.24, 2.45) is 5.73 Å². The number of nitrogens with two attached hydrogens (primary N) is 1. The van der Waals surface area contributed by atoms with Crippen LogP contribution in [-0.4, -0.2) is 31.1 Å². The Morgan fingerprint density at radius 1 is 1.48 bits per heavy atom. The zero-order chi connectivity index (χ0) is 15.0. The van der Waals surface area contributed by atoms with E-state index in [0.717, 1.165) is 12.8 Å². The Hall–Kier alpha value is -2.29. The van der Waals surface area contributed by atoms with Crippen LogP contribution in [0.5, 0.6) is 0 Å². The summed E-state index contributed by atoms with van der Waals surface area (Å²) in [6.07, 6.45) is 3.77. The predicted molar refractivity (Wildman–Crippen MR) is 72.1 cm³/mol. The van der Waals surface area contributed by atoms with Crippen LogP contribution < -0.4 is 11.1 Å². The molecule has 0 aromatic carbocycles.